The average Bonchev–Trinajstić information content (AvgIpc) is 3.12. The van der Waals surface area contributed by atoms with Crippen molar-refractivity contribution in [2.45, 2.75) is 39.3 Å². The van der Waals surface area contributed by atoms with Gasteiger partial charge in [0.15, 0.2) is 0 Å². The molecule has 1 saturated heterocycles. The first-order valence-corrected chi connectivity index (χ1v) is 10.2. The van der Waals surface area contributed by atoms with Crippen molar-refractivity contribution in [3.05, 3.63) is 35.2 Å². The molecule has 1 N–H and O–H groups in total. The molecule has 0 bridgehead atoms. The predicted octanol–water partition coefficient (Wildman–Crippen LogP) is 2.81. The second-order valence-corrected chi connectivity index (χ2v) is 7.76. The fraction of sp³-hybridized carbons (Fsp3) is 0.550. The summed E-state index contributed by atoms with van der Waals surface area (Å²) in [7, 11) is 0. The van der Waals surface area contributed by atoms with Crippen LogP contribution in [0.15, 0.2) is 28.8 Å². The second kappa shape index (κ2) is 10.0. The molecular formula is C20H28ClN5O2. The summed E-state index contributed by atoms with van der Waals surface area (Å²) in [5.41, 5.74) is 0.882. The molecule has 0 radical (unpaired) electrons. The first-order valence-electron chi connectivity index (χ1n) is 9.86. The van der Waals surface area contributed by atoms with Crippen molar-refractivity contribution in [2.75, 3.05) is 32.7 Å². The first kappa shape index (κ1) is 20.8. The number of halogens is 1. The van der Waals surface area contributed by atoms with Gasteiger partial charge in [-0.05, 0) is 37.6 Å². The van der Waals surface area contributed by atoms with E-state index in [9.17, 15) is 4.79 Å². The third kappa shape index (κ3) is 6.02. The zero-order valence-corrected chi connectivity index (χ0v) is 17.3. The number of carbonyl (C=O) groups is 1. The number of piperazine rings is 1. The number of nitrogens with zero attached hydrogens (tertiary/aromatic N) is 4. The van der Waals surface area contributed by atoms with Gasteiger partial charge in [-0.1, -0.05) is 30.1 Å². The summed E-state index contributed by atoms with van der Waals surface area (Å²) in [6.07, 6.45) is 2.09. The van der Waals surface area contributed by atoms with E-state index in [1.54, 1.807) is 0 Å². The van der Waals surface area contributed by atoms with Crippen LogP contribution in [-0.2, 0) is 11.3 Å². The largest absolute Gasteiger partial charge is 0.353 e. The molecule has 1 aliphatic heterocycles. The number of nitrogens with one attached hydrogen (secondary N) is 1. The molecule has 1 unspecified atom stereocenters. The molecule has 1 atom stereocenters. The summed E-state index contributed by atoms with van der Waals surface area (Å²) in [4.78, 5) is 21.1. The number of aromatic nitrogens is 2. The Kier molecular flexibility index (Phi) is 7.42. The SMILES string of the molecule is CCCC(C)NC(=O)CN1CCN(Cc2nc(-c3ccc(Cl)cc3)no2)CC1. The maximum absolute atomic E-state index is 12.1. The number of carbonyl (C=O) groups excluding carboxylic acids is 1. The van der Waals surface area contributed by atoms with Crippen LogP contribution in [0.5, 0.6) is 0 Å². The summed E-state index contributed by atoms with van der Waals surface area (Å²) in [5, 5.41) is 7.80. The lowest BCUT2D eigenvalue weighted by Crippen LogP contribution is -2.50. The van der Waals surface area contributed by atoms with Gasteiger partial charge < -0.3 is 9.84 Å². The lowest BCUT2D eigenvalue weighted by molar-refractivity contribution is -0.123. The molecule has 0 saturated carbocycles. The number of benzene rings is 1. The zero-order valence-electron chi connectivity index (χ0n) is 16.5. The van der Waals surface area contributed by atoms with Crippen LogP contribution < -0.4 is 5.32 Å². The normalized spacial score (nSPS) is 16.8. The summed E-state index contributed by atoms with van der Waals surface area (Å²) < 4.78 is 5.40. The highest BCUT2D eigenvalue weighted by molar-refractivity contribution is 6.30. The number of amides is 1. The van der Waals surface area contributed by atoms with Gasteiger partial charge in [0.2, 0.25) is 17.6 Å². The molecular weight excluding hydrogens is 378 g/mol. The Hall–Kier alpha value is -1.96. The molecule has 1 aromatic heterocycles. The summed E-state index contributed by atoms with van der Waals surface area (Å²) in [5.74, 6) is 1.28. The molecule has 8 heteroatoms. The van der Waals surface area contributed by atoms with Crippen LogP contribution in [0.3, 0.4) is 0 Å². The van der Waals surface area contributed by atoms with E-state index in [0.717, 1.165) is 44.6 Å². The van der Waals surface area contributed by atoms with E-state index in [1.807, 2.05) is 24.3 Å². The van der Waals surface area contributed by atoms with Crippen molar-refractivity contribution >= 4 is 17.5 Å². The van der Waals surface area contributed by atoms with Crippen molar-refractivity contribution in [3.8, 4) is 11.4 Å². The van der Waals surface area contributed by atoms with Gasteiger partial charge >= 0.3 is 0 Å². The van der Waals surface area contributed by atoms with E-state index in [2.05, 4.69) is 39.1 Å². The van der Waals surface area contributed by atoms with Gasteiger partial charge in [-0.25, -0.2) is 0 Å². The van der Waals surface area contributed by atoms with Gasteiger partial charge in [0.05, 0.1) is 13.1 Å². The van der Waals surface area contributed by atoms with Crippen LogP contribution in [0.4, 0.5) is 0 Å². The third-order valence-corrected chi connectivity index (χ3v) is 5.14. The van der Waals surface area contributed by atoms with Gasteiger partial charge in [0.25, 0.3) is 0 Å². The molecule has 1 aliphatic rings. The molecule has 152 valence electrons. The topological polar surface area (TPSA) is 74.5 Å². The Morgan fingerprint density at radius 2 is 1.89 bits per heavy atom. The van der Waals surface area contributed by atoms with Gasteiger partial charge in [-0.3, -0.25) is 14.6 Å². The van der Waals surface area contributed by atoms with E-state index >= 15 is 0 Å². The maximum Gasteiger partial charge on any atom is 0.241 e. The van der Waals surface area contributed by atoms with E-state index in [1.165, 1.54) is 0 Å². The van der Waals surface area contributed by atoms with E-state index in [-0.39, 0.29) is 11.9 Å². The van der Waals surface area contributed by atoms with Gasteiger partial charge in [-0.2, -0.15) is 4.98 Å². The second-order valence-electron chi connectivity index (χ2n) is 7.33. The zero-order chi connectivity index (χ0) is 19.9. The number of rotatable bonds is 8. The molecule has 0 spiro atoms. The molecule has 2 aromatic rings. The Morgan fingerprint density at radius 1 is 1.21 bits per heavy atom. The first-order chi connectivity index (χ1) is 13.5. The van der Waals surface area contributed by atoms with Crippen molar-refractivity contribution < 1.29 is 9.32 Å². The molecule has 2 heterocycles. The number of hydrogen-bond acceptors (Lipinski definition) is 6. The van der Waals surface area contributed by atoms with Crippen LogP contribution in [0.1, 0.15) is 32.6 Å². The van der Waals surface area contributed by atoms with E-state index in [0.29, 0.717) is 29.8 Å². The lowest BCUT2D eigenvalue weighted by Gasteiger charge is -2.33. The maximum atomic E-state index is 12.1. The summed E-state index contributed by atoms with van der Waals surface area (Å²) >= 11 is 5.92. The van der Waals surface area contributed by atoms with Gasteiger partial charge in [-0.15, -0.1) is 0 Å². The van der Waals surface area contributed by atoms with Crippen LogP contribution in [-0.4, -0.2) is 64.6 Å². The average molecular weight is 406 g/mol. The Bertz CT molecular complexity index is 756. The summed E-state index contributed by atoms with van der Waals surface area (Å²) in [6.45, 7) is 8.72. The molecule has 1 aromatic carbocycles. The Labute approximate surface area is 171 Å². The van der Waals surface area contributed by atoms with Crippen molar-refractivity contribution in [1.29, 1.82) is 0 Å². The lowest BCUT2D eigenvalue weighted by atomic mass is 10.2. The predicted molar refractivity (Wildman–Crippen MR) is 109 cm³/mol. The smallest absolute Gasteiger partial charge is 0.241 e. The van der Waals surface area contributed by atoms with Gasteiger partial charge in [0, 0.05) is 42.8 Å². The standard InChI is InChI=1S/C20H28ClN5O2/c1-3-4-15(2)22-18(27)13-25-9-11-26(12-10-25)14-19-23-20(24-28-19)16-5-7-17(21)8-6-16/h5-8,15H,3-4,9-14H2,1-2H3,(H,22,27). The molecule has 28 heavy (non-hydrogen) atoms. The Morgan fingerprint density at radius 3 is 2.57 bits per heavy atom. The monoisotopic (exact) mass is 405 g/mol. The molecule has 7 nitrogen and oxygen atoms in total. The third-order valence-electron chi connectivity index (χ3n) is 4.89. The molecule has 1 amide bonds. The van der Waals surface area contributed by atoms with E-state index < -0.39 is 0 Å². The van der Waals surface area contributed by atoms with Crippen LogP contribution in [0.25, 0.3) is 11.4 Å². The highest BCUT2D eigenvalue weighted by Crippen LogP contribution is 2.19. The minimum atomic E-state index is 0.110. The summed E-state index contributed by atoms with van der Waals surface area (Å²) in [6, 6.07) is 7.62. The Balaban J connectivity index is 1.43. The van der Waals surface area contributed by atoms with Crippen LogP contribution in [0, 0.1) is 0 Å². The highest BCUT2D eigenvalue weighted by Gasteiger charge is 2.21. The highest BCUT2D eigenvalue weighted by atomic mass is 35.5. The van der Waals surface area contributed by atoms with Crippen LogP contribution >= 0.6 is 11.6 Å². The van der Waals surface area contributed by atoms with Crippen molar-refractivity contribution in [1.82, 2.24) is 25.3 Å². The quantitative estimate of drug-likeness (QED) is 0.727. The van der Waals surface area contributed by atoms with Crippen LogP contribution in [0.2, 0.25) is 5.02 Å². The minimum absolute atomic E-state index is 0.110. The molecule has 0 aliphatic carbocycles. The fourth-order valence-corrected chi connectivity index (χ4v) is 3.49. The van der Waals surface area contributed by atoms with Gasteiger partial charge in [0.1, 0.15) is 0 Å². The van der Waals surface area contributed by atoms with E-state index in [4.69, 9.17) is 16.1 Å². The van der Waals surface area contributed by atoms with Crippen molar-refractivity contribution in [2.24, 2.45) is 0 Å². The fourth-order valence-electron chi connectivity index (χ4n) is 3.36. The molecule has 1 fully saturated rings. The van der Waals surface area contributed by atoms with Crippen molar-refractivity contribution in [3.63, 3.8) is 0 Å². The molecule has 3 rings (SSSR count). The minimum Gasteiger partial charge on any atom is -0.353 e. The number of hydrogen-bond donors (Lipinski definition) is 1.